The molecule has 0 spiro atoms. The first kappa shape index (κ1) is 17.8. The topological polar surface area (TPSA) is 41.9 Å². The van der Waals surface area contributed by atoms with Gasteiger partial charge in [0.2, 0.25) is 0 Å². The van der Waals surface area contributed by atoms with E-state index in [-0.39, 0.29) is 6.10 Å². The van der Waals surface area contributed by atoms with Gasteiger partial charge in [-0.1, -0.05) is 32.4 Å². The van der Waals surface area contributed by atoms with Crippen molar-refractivity contribution in [1.82, 2.24) is 4.90 Å². The van der Waals surface area contributed by atoms with Crippen LogP contribution >= 0.6 is 0 Å². The molecule has 21 heavy (non-hydrogen) atoms. The molecule has 1 atom stereocenters. The monoisotopic (exact) mass is 295 g/mol. The van der Waals surface area contributed by atoms with E-state index in [0.717, 1.165) is 49.4 Å². The third kappa shape index (κ3) is 5.56. The third-order valence-electron chi connectivity index (χ3n) is 3.51. The molecular weight excluding hydrogens is 266 g/mol. The van der Waals surface area contributed by atoms with Crippen LogP contribution in [0.2, 0.25) is 0 Å². The molecule has 0 aromatic heterocycles. The van der Waals surface area contributed by atoms with Gasteiger partial charge in [0.05, 0.1) is 20.3 Å². The van der Waals surface area contributed by atoms with Gasteiger partial charge in [0.1, 0.15) is 0 Å². The number of rotatable bonds is 10. The maximum atomic E-state index is 10.1. The number of para-hydroxylation sites is 1. The molecule has 4 nitrogen and oxygen atoms in total. The van der Waals surface area contributed by atoms with E-state index >= 15 is 0 Å². The van der Waals surface area contributed by atoms with Crippen molar-refractivity contribution in [1.29, 1.82) is 0 Å². The summed E-state index contributed by atoms with van der Waals surface area (Å²) in [6, 6.07) is 5.93. The minimum Gasteiger partial charge on any atom is -0.493 e. The molecule has 1 aromatic carbocycles. The van der Waals surface area contributed by atoms with Gasteiger partial charge in [0.25, 0.3) is 0 Å². The van der Waals surface area contributed by atoms with E-state index in [0.29, 0.717) is 6.54 Å². The molecule has 1 rings (SSSR count). The van der Waals surface area contributed by atoms with Crippen molar-refractivity contribution < 1.29 is 14.6 Å². The van der Waals surface area contributed by atoms with Gasteiger partial charge in [-0.15, -0.1) is 0 Å². The predicted molar refractivity (Wildman–Crippen MR) is 86.0 cm³/mol. The maximum absolute atomic E-state index is 10.1. The second-order valence-electron chi connectivity index (χ2n) is 5.33. The Bertz CT molecular complexity index is 409. The highest BCUT2D eigenvalue weighted by Crippen LogP contribution is 2.31. The molecule has 0 bridgehead atoms. The summed E-state index contributed by atoms with van der Waals surface area (Å²) in [7, 11) is 3.31. The van der Waals surface area contributed by atoms with E-state index in [1.807, 2.05) is 12.1 Å². The summed E-state index contributed by atoms with van der Waals surface area (Å²) in [4.78, 5) is 2.28. The molecule has 0 heterocycles. The number of ether oxygens (including phenoxy) is 2. The predicted octanol–water partition coefficient (Wildman–Crippen LogP) is 3.08. The van der Waals surface area contributed by atoms with Gasteiger partial charge in [-0.2, -0.15) is 0 Å². The van der Waals surface area contributed by atoms with E-state index in [9.17, 15) is 5.11 Å². The quantitative estimate of drug-likeness (QED) is 0.720. The van der Waals surface area contributed by atoms with Crippen molar-refractivity contribution in [3.8, 4) is 11.5 Å². The van der Waals surface area contributed by atoms with Crippen molar-refractivity contribution in [3.05, 3.63) is 23.8 Å². The molecule has 0 aliphatic heterocycles. The largest absolute Gasteiger partial charge is 0.493 e. The van der Waals surface area contributed by atoms with Crippen molar-refractivity contribution in [3.63, 3.8) is 0 Å². The van der Waals surface area contributed by atoms with Crippen LogP contribution in [0.3, 0.4) is 0 Å². The number of methoxy groups -OCH3 is 2. The van der Waals surface area contributed by atoms with Crippen molar-refractivity contribution in [2.45, 2.75) is 45.8 Å². The van der Waals surface area contributed by atoms with Crippen LogP contribution in [-0.2, 0) is 6.54 Å². The van der Waals surface area contributed by atoms with Crippen LogP contribution in [0, 0.1) is 0 Å². The smallest absolute Gasteiger partial charge is 0.165 e. The Morgan fingerprint density at radius 2 is 1.90 bits per heavy atom. The number of nitrogens with zero attached hydrogens (tertiary/aromatic N) is 1. The molecule has 1 N–H and O–H groups in total. The average molecular weight is 295 g/mol. The molecule has 0 aliphatic rings. The molecular formula is C17H29NO3. The first-order valence-corrected chi connectivity index (χ1v) is 7.76. The van der Waals surface area contributed by atoms with Crippen molar-refractivity contribution >= 4 is 0 Å². The first-order chi connectivity index (χ1) is 10.2. The summed E-state index contributed by atoms with van der Waals surface area (Å²) in [5.74, 6) is 1.53. The summed E-state index contributed by atoms with van der Waals surface area (Å²) in [6.07, 6.45) is 2.64. The lowest BCUT2D eigenvalue weighted by Crippen LogP contribution is -2.32. The molecule has 1 unspecified atom stereocenters. The number of hydrogen-bond donors (Lipinski definition) is 1. The van der Waals surface area contributed by atoms with E-state index in [4.69, 9.17) is 9.47 Å². The molecule has 0 saturated carbocycles. The number of benzene rings is 1. The summed E-state index contributed by atoms with van der Waals surface area (Å²) in [5.41, 5.74) is 1.09. The van der Waals surface area contributed by atoms with Crippen LogP contribution < -0.4 is 9.47 Å². The highest BCUT2D eigenvalue weighted by Gasteiger charge is 2.15. The Morgan fingerprint density at radius 1 is 1.14 bits per heavy atom. The summed E-state index contributed by atoms with van der Waals surface area (Å²) < 4.78 is 10.8. The van der Waals surface area contributed by atoms with Gasteiger partial charge >= 0.3 is 0 Å². The van der Waals surface area contributed by atoms with Gasteiger partial charge < -0.3 is 14.6 Å². The molecule has 0 aliphatic carbocycles. The fourth-order valence-electron chi connectivity index (χ4n) is 2.59. The SMILES string of the molecule is CCCC(O)CN(CCC)Cc1cccc(OC)c1OC. The summed E-state index contributed by atoms with van der Waals surface area (Å²) in [6.45, 7) is 6.67. The Morgan fingerprint density at radius 3 is 2.48 bits per heavy atom. The molecule has 120 valence electrons. The number of aliphatic hydroxyl groups is 1. The molecule has 0 saturated heterocycles. The summed E-state index contributed by atoms with van der Waals surface area (Å²) >= 11 is 0. The highest BCUT2D eigenvalue weighted by molar-refractivity contribution is 5.46. The molecule has 4 heteroatoms. The van der Waals surface area contributed by atoms with Gasteiger partial charge in [0, 0.05) is 18.7 Å². The van der Waals surface area contributed by atoms with Gasteiger partial charge in [0.15, 0.2) is 11.5 Å². The molecule has 0 radical (unpaired) electrons. The Kier molecular flexibility index (Phi) is 8.16. The van der Waals surface area contributed by atoms with Gasteiger partial charge in [-0.3, -0.25) is 4.90 Å². The van der Waals surface area contributed by atoms with E-state index in [1.54, 1.807) is 14.2 Å². The lowest BCUT2D eigenvalue weighted by molar-refractivity contribution is 0.100. The number of aliphatic hydroxyl groups excluding tert-OH is 1. The van der Waals surface area contributed by atoms with Crippen LogP contribution in [0.4, 0.5) is 0 Å². The van der Waals surface area contributed by atoms with Gasteiger partial charge in [-0.05, 0) is 25.5 Å². The van der Waals surface area contributed by atoms with Crippen LogP contribution in [0.5, 0.6) is 11.5 Å². The zero-order valence-electron chi connectivity index (χ0n) is 13.8. The first-order valence-electron chi connectivity index (χ1n) is 7.76. The second-order valence-corrected chi connectivity index (χ2v) is 5.33. The zero-order chi connectivity index (χ0) is 15.7. The fraction of sp³-hybridized carbons (Fsp3) is 0.647. The lowest BCUT2D eigenvalue weighted by atomic mass is 10.1. The van der Waals surface area contributed by atoms with Crippen LogP contribution in [0.1, 0.15) is 38.7 Å². The Labute approximate surface area is 128 Å². The van der Waals surface area contributed by atoms with Crippen molar-refractivity contribution in [2.24, 2.45) is 0 Å². The summed E-state index contributed by atoms with van der Waals surface area (Å²) in [5, 5.41) is 10.1. The zero-order valence-corrected chi connectivity index (χ0v) is 13.8. The minimum atomic E-state index is -0.266. The van der Waals surface area contributed by atoms with Crippen LogP contribution in [0.25, 0.3) is 0 Å². The standard InChI is InChI=1S/C17H29NO3/c1-5-8-15(19)13-18(11-6-2)12-14-9-7-10-16(20-3)17(14)21-4/h7,9-10,15,19H,5-6,8,11-13H2,1-4H3. The fourth-order valence-corrected chi connectivity index (χ4v) is 2.59. The van der Waals surface area contributed by atoms with E-state index in [2.05, 4.69) is 24.8 Å². The van der Waals surface area contributed by atoms with Crippen molar-refractivity contribution in [2.75, 3.05) is 27.3 Å². The molecule has 0 amide bonds. The van der Waals surface area contributed by atoms with Crippen LogP contribution in [0.15, 0.2) is 18.2 Å². The van der Waals surface area contributed by atoms with Crippen LogP contribution in [-0.4, -0.2) is 43.4 Å². The van der Waals surface area contributed by atoms with Gasteiger partial charge in [-0.25, -0.2) is 0 Å². The molecule has 1 aromatic rings. The van der Waals surface area contributed by atoms with E-state index < -0.39 is 0 Å². The maximum Gasteiger partial charge on any atom is 0.165 e. The lowest BCUT2D eigenvalue weighted by Gasteiger charge is -2.25. The highest BCUT2D eigenvalue weighted by atomic mass is 16.5. The minimum absolute atomic E-state index is 0.266. The third-order valence-corrected chi connectivity index (χ3v) is 3.51. The normalized spacial score (nSPS) is 12.5. The average Bonchev–Trinajstić information content (AvgIpc) is 2.47. The molecule has 0 fully saturated rings. The van der Waals surface area contributed by atoms with E-state index in [1.165, 1.54) is 0 Å². The Balaban J connectivity index is 2.83. The Hall–Kier alpha value is -1.26. The second kappa shape index (κ2) is 9.64. The number of hydrogen-bond acceptors (Lipinski definition) is 4.